The Morgan fingerprint density at radius 3 is 1.81 bits per heavy atom. The second kappa shape index (κ2) is 16.8. The molecular formula is C27H34N2O11S2. The lowest BCUT2D eigenvalue weighted by atomic mass is 9.99. The summed E-state index contributed by atoms with van der Waals surface area (Å²) in [5.41, 5.74) is 1.05. The van der Waals surface area contributed by atoms with Crippen molar-refractivity contribution in [2.45, 2.75) is 83.5 Å². The second-order valence-electron chi connectivity index (χ2n) is 9.06. The SMILES string of the molecule is CC(=O)OC[C@@H](OC(C)=O)[C@@H](OC(C)=O)[C@H](OC(C)=O)[C@H](CC1SC(SCc2ccccc2)=NN1C(C)=O)OC(C)=O. The topological polar surface area (TPSA) is 164 Å². The van der Waals surface area contributed by atoms with E-state index in [-0.39, 0.29) is 6.42 Å². The molecule has 1 aliphatic rings. The standard InChI is InChI=1S/C27H34N2O11S2/c1-15(30)29-24(42-27(28-29)41-14-21-10-8-7-9-11-21)12-22(37-17(3)32)25(39-19(5)34)26(40-20(6)35)23(38-18(4)33)13-36-16(2)31/h7-11,22-26H,12-14H2,1-6H3/t22-,23+,24?,25+,26+/m0/s1. The Labute approximate surface area is 251 Å². The van der Waals surface area contributed by atoms with Crippen LogP contribution >= 0.6 is 23.5 Å². The smallest absolute Gasteiger partial charge is 0.303 e. The highest BCUT2D eigenvalue weighted by atomic mass is 32.2. The minimum absolute atomic E-state index is 0.126. The fourth-order valence-corrected chi connectivity index (χ4v) is 6.27. The third-order valence-electron chi connectivity index (χ3n) is 5.41. The number of benzene rings is 1. The summed E-state index contributed by atoms with van der Waals surface area (Å²) in [5.74, 6) is -3.77. The highest BCUT2D eigenvalue weighted by Gasteiger charge is 2.46. The lowest BCUT2D eigenvalue weighted by Crippen LogP contribution is -2.54. The van der Waals surface area contributed by atoms with Crippen molar-refractivity contribution in [1.29, 1.82) is 0 Å². The Morgan fingerprint density at radius 1 is 0.786 bits per heavy atom. The molecule has 1 aromatic carbocycles. The third kappa shape index (κ3) is 11.7. The van der Waals surface area contributed by atoms with Crippen molar-refractivity contribution in [3.05, 3.63) is 35.9 Å². The van der Waals surface area contributed by atoms with Crippen LogP contribution in [0.4, 0.5) is 0 Å². The van der Waals surface area contributed by atoms with Crippen LogP contribution in [0.1, 0.15) is 53.5 Å². The summed E-state index contributed by atoms with van der Waals surface area (Å²) in [6.45, 7) is 6.26. The van der Waals surface area contributed by atoms with Crippen LogP contribution in [0.3, 0.4) is 0 Å². The summed E-state index contributed by atoms with van der Waals surface area (Å²) in [4.78, 5) is 72.6. The molecule has 0 radical (unpaired) electrons. The average Bonchev–Trinajstić information content (AvgIpc) is 3.30. The molecule has 1 aromatic rings. The summed E-state index contributed by atoms with van der Waals surface area (Å²) in [7, 11) is 0. The Kier molecular flexibility index (Phi) is 13.8. The highest BCUT2D eigenvalue weighted by molar-refractivity contribution is 8.39. The molecule has 15 heteroatoms. The van der Waals surface area contributed by atoms with E-state index >= 15 is 0 Å². The molecule has 1 amide bonds. The van der Waals surface area contributed by atoms with E-state index in [1.165, 1.54) is 35.5 Å². The lowest BCUT2D eigenvalue weighted by Gasteiger charge is -2.36. The first-order valence-corrected chi connectivity index (χ1v) is 14.7. The lowest BCUT2D eigenvalue weighted by molar-refractivity contribution is -0.203. The van der Waals surface area contributed by atoms with Gasteiger partial charge in [-0.2, -0.15) is 5.10 Å². The number of esters is 5. The highest BCUT2D eigenvalue weighted by Crippen LogP contribution is 2.37. The van der Waals surface area contributed by atoms with Crippen LogP contribution in [-0.4, -0.2) is 81.5 Å². The molecule has 0 saturated carbocycles. The van der Waals surface area contributed by atoms with Gasteiger partial charge in [0.2, 0.25) is 5.91 Å². The van der Waals surface area contributed by atoms with Crippen molar-refractivity contribution in [1.82, 2.24) is 5.01 Å². The molecule has 1 unspecified atom stereocenters. The van der Waals surface area contributed by atoms with E-state index in [9.17, 15) is 28.8 Å². The van der Waals surface area contributed by atoms with Gasteiger partial charge in [0.05, 0.1) is 0 Å². The van der Waals surface area contributed by atoms with Crippen LogP contribution in [-0.2, 0) is 58.2 Å². The molecule has 0 fully saturated rings. The van der Waals surface area contributed by atoms with Gasteiger partial charge in [-0.15, -0.1) is 0 Å². The number of nitrogens with zero attached hydrogens (tertiary/aromatic N) is 2. The Morgan fingerprint density at radius 2 is 1.31 bits per heavy atom. The van der Waals surface area contributed by atoms with E-state index in [1.807, 2.05) is 30.3 Å². The number of thioether (sulfide) groups is 2. The van der Waals surface area contributed by atoms with E-state index in [2.05, 4.69) is 5.10 Å². The fourth-order valence-electron chi connectivity index (χ4n) is 3.91. The number of carbonyl (C=O) groups excluding carboxylic acids is 6. The van der Waals surface area contributed by atoms with Gasteiger partial charge in [-0.3, -0.25) is 28.8 Å². The van der Waals surface area contributed by atoms with Crippen LogP contribution in [0.25, 0.3) is 0 Å². The van der Waals surface area contributed by atoms with Gasteiger partial charge < -0.3 is 23.7 Å². The maximum Gasteiger partial charge on any atom is 0.303 e. The first-order chi connectivity index (χ1) is 19.8. The molecule has 0 spiro atoms. The van der Waals surface area contributed by atoms with Gasteiger partial charge in [0.1, 0.15) is 18.1 Å². The summed E-state index contributed by atoms with van der Waals surface area (Å²) in [6, 6.07) is 9.64. The van der Waals surface area contributed by atoms with Crippen LogP contribution in [0.15, 0.2) is 35.4 Å². The van der Waals surface area contributed by atoms with Gasteiger partial charge in [0.15, 0.2) is 22.7 Å². The number of ether oxygens (including phenoxy) is 5. The Balaban J connectivity index is 2.43. The van der Waals surface area contributed by atoms with Crippen LogP contribution < -0.4 is 0 Å². The van der Waals surface area contributed by atoms with Crippen molar-refractivity contribution in [2.24, 2.45) is 5.10 Å². The van der Waals surface area contributed by atoms with Gasteiger partial charge >= 0.3 is 29.8 Å². The van der Waals surface area contributed by atoms with Gasteiger partial charge in [-0.05, 0) is 5.56 Å². The van der Waals surface area contributed by atoms with Crippen LogP contribution in [0.5, 0.6) is 0 Å². The molecule has 0 aromatic heterocycles. The summed E-state index contributed by atoms with van der Waals surface area (Å²) in [6.07, 6.45) is -5.99. The minimum atomic E-state index is -1.57. The van der Waals surface area contributed by atoms with E-state index < -0.39 is 72.2 Å². The Hall–Kier alpha value is -3.59. The van der Waals surface area contributed by atoms with Crippen molar-refractivity contribution in [3.63, 3.8) is 0 Å². The third-order valence-corrected chi connectivity index (χ3v) is 7.80. The van der Waals surface area contributed by atoms with Crippen LogP contribution in [0.2, 0.25) is 0 Å². The summed E-state index contributed by atoms with van der Waals surface area (Å²) >= 11 is 2.65. The normalized spacial score (nSPS) is 17.1. The molecule has 1 aliphatic heterocycles. The van der Waals surface area contributed by atoms with Crippen molar-refractivity contribution < 1.29 is 52.5 Å². The summed E-state index contributed by atoms with van der Waals surface area (Å²) < 4.78 is 27.3. The number of hydrogen-bond donors (Lipinski definition) is 0. The molecule has 1 heterocycles. The molecule has 2 rings (SSSR count). The van der Waals surface area contributed by atoms with Crippen LogP contribution in [0, 0.1) is 0 Å². The molecule has 13 nitrogen and oxygen atoms in total. The van der Waals surface area contributed by atoms with Gasteiger partial charge in [0, 0.05) is 53.7 Å². The van der Waals surface area contributed by atoms with Gasteiger partial charge in [-0.25, -0.2) is 5.01 Å². The zero-order chi connectivity index (χ0) is 31.4. The quantitative estimate of drug-likeness (QED) is 0.232. The monoisotopic (exact) mass is 626 g/mol. The predicted molar refractivity (Wildman–Crippen MR) is 153 cm³/mol. The minimum Gasteiger partial charge on any atom is -0.462 e. The molecule has 0 aliphatic carbocycles. The second-order valence-corrected chi connectivity index (χ2v) is 11.4. The Bertz CT molecular complexity index is 1180. The molecule has 0 bridgehead atoms. The largest absolute Gasteiger partial charge is 0.462 e. The molecular weight excluding hydrogens is 592 g/mol. The number of amides is 1. The number of rotatable bonds is 13. The summed E-state index contributed by atoms with van der Waals surface area (Å²) in [5, 5.41) is 4.94. The maximum absolute atomic E-state index is 12.5. The maximum atomic E-state index is 12.5. The molecule has 42 heavy (non-hydrogen) atoms. The van der Waals surface area contributed by atoms with Gasteiger partial charge in [-0.1, -0.05) is 53.9 Å². The van der Waals surface area contributed by atoms with Crippen molar-refractivity contribution in [2.75, 3.05) is 6.61 Å². The molecule has 0 N–H and O–H groups in total. The van der Waals surface area contributed by atoms with E-state index in [0.717, 1.165) is 40.2 Å². The molecule has 5 atom stereocenters. The molecule has 230 valence electrons. The fraction of sp³-hybridized carbons (Fsp3) is 0.519. The van der Waals surface area contributed by atoms with E-state index in [4.69, 9.17) is 23.7 Å². The zero-order valence-corrected chi connectivity index (χ0v) is 25.7. The first kappa shape index (κ1) is 34.6. The number of hydrogen-bond acceptors (Lipinski definition) is 14. The van der Waals surface area contributed by atoms with Crippen molar-refractivity contribution in [3.8, 4) is 0 Å². The van der Waals surface area contributed by atoms with E-state index in [0.29, 0.717) is 10.1 Å². The average molecular weight is 627 g/mol. The number of hydrazone groups is 1. The van der Waals surface area contributed by atoms with Gasteiger partial charge in [0.25, 0.3) is 0 Å². The van der Waals surface area contributed by atoms with Crippen molar-refractivity contribution >= 4 is 63.7 Å². The van der Waals surface area contributed by atoms with E-state index in [1.54, 1.807) is 0 Å². The number of carbonyl (C=O) groups is 6. The first-order valence-electron chi connectivity index (χ1n) is 12.8. The predicted octanol–water partition coefficient (Wildman–Crippen LogP) is 2.79. The zero-order valence-electron chi connectivity index (χ0n) is 24.1. The molecule has 0 saturated heterocycles.